The quantitative estimate of drug-likeness (QED) is 0.401. The third-order valence-corrected chi connectivity index (χ3v) is 4.87. The number of amides is 1. The number of thioether (sulfide) groups is 1. The van der Waals surface area contributed by atoms with Crippen LogP contribution in [-0.4, -0.2) is 21.6 Å². The van der Waals surface area contributed by atoms with Crippen LogP contribution in [0.2, 0.25) is 5.02 Å². The number of hydrogen-bond acceptors (Lipinski definition) is 4. The van der Waals surface area contributed by atoms with Crippen LogP contribution in [0.5, 0.6) is 0 Å². The van der Waals surface area contributed by atoms with Crippen molar-refractivity contribution < 1.29 is 18.0 Å². The van der Waals surface area contributed by atoms with Crippen molar-refractivity contribution in [2.45, 2.75) is 18.3 Å². The highest BCUT2D eigenvalue weighted by Gasteiger charge is 2.34. The summed E-state index contributed by atoms with van der Waals surface area (Å²) in [5.41, 5.74) is 1.09. The largest absolute Gasteiger partial charge is 0.433 e. The molecule has 3 rings (SSSR count). The summed E-state index contributed by atoms with van der Waals surface area (Å²) in [6.45, 7) is 1.89. The number of alkyl halides is 3. The van der Waals surface area contributed by atoms with Crippen molar-refractivity contribution in [2.24, 2.45) is 0 Å². The summed E-state index contributed by atoms with van der Waals surface area (Å²) in [6.07, 6.45) is -4.64. The summed E-state index contributed by atoms with van der Waals surface area (Å²) in [7, 11) is 0. The summed E-state index contributed by atoms with van der Waals surface area (Å²) < 4.78 is 39.8. The van der Waals surface area contributed by atoms with E-state index in [-0.39, 0.29) is 22.5 Å². The Morgan fingerprint density at radius 2 is 1.83 bits per heavy atom. The molecule has 0 fully saturated rings. The van der Waals surface area contributed by atoms with Crippen LogP contribution in [0, 0.1) is 6.92 Å². The lowest BCUT2D eigenvalue weighted by atomic mass is 10.1. The van der Waals surface area contributed by atoms with Crippen LogP contribution in [-0.2, 0) is 11.0 Å². The Morgan fingerprint density at radius 3 is 2.48 bits per heavy atom. The van der Waals surface area contributed by atoms with Crippen molar-refractivity contribution >= 4 is 35.0 Å². The lowest BCUT2D eigenvalue weighted by Gasteiger charge is -2.11. The molecule has 29 heavy (non-hydrogen) atoms. The zero-order valence-electron chi connectivity index (χ0n) is 15.1. The van der Waals surface area contributed by atoms with E-state index in [9.17, 15) is 18.0 Å². The molecule has 1 amide bonds. The van der Waals surface area contributed by atoms with E-state index in [1.165, 1.54) is 0 Å². The Kier molecular flexibility index (Phi) is 6.44. The number of aryl methyl sites for hydroxylation is 1. The molecule has 1 N–H and O–H groups in total. The second-order valence-corrected chi connectivity index (χ2v) is 7.51. The number of aromatic nitrogens is 2. The highest BCUT2D eigenvalue weighted by Crippen LogP contribution is 2.32. The van der Waals surface area contributed by atoms with E-state index in [2.05, 4.69) is 15.3 Å². The molecule has 0 aliphatic rings. The number of nitrogens with one attached hydrogen (secondary N) is 1. The monoisotopic (exact) mass is 437 g/mol. The van der Waals surface area contributed by atoms with Crippen molar-refractivity contribution in [3.05, 3.63) is 70.9 Å². The van der Waals surface area contributed by atoms with Gasteiger partial charge in [0.05, 0.1) is 11.4 Å². The third kappa shape index (κ3) is 5.95. The molecular weight excluding hydrogens is 423 g/mol. The molecule has 3 aromatic rings. The summed E-state index contributed by atoms with van der Waals surface area (Å²) >= 11 is 6.67. The molecule has 2 aromatic carbocycles. The Morgan fingerprint density at radius 1 is 1.10 bits per heavy atom. The summed E-state index contributed by atoms with van der Waals surface area (Å²) in [6, 6.07) is 14.4. The normalized spacial score (nSPS) is 11.3. The lowest BCUT2D eigenvalue weighted by Crippen LogP contribution is -2.15. The van der Waals surface area contributed by atoms with Gasteiger partial charge in [0.2, 0.25) is 5.91 Å². The Hall–Kier alpha value is -2.58. The van der Waals surface area contributed by atoms with E-state index >= 15 is 0 Å². The summed E-state index contributed by atoms with van der Waals surface area (Å²) in [4.78, 5) is 19.9. The second-order valence-electron chi connectivity index (χ2n) is 6.13. The number of hydrogen-bond donors (Lipinski definition) is 1. The first kappa shape index (κ1) is 21.1. The van der Waals surface area contributed by atoms with Gasteiger partial charge in [0.25, 0.3) is 0 Å². The lowest BCUT2D eigenvalue weighted by molar-refractivity contribution is -0.141. The first-order valence-electron chi connectivity index (χ1n) is 8.42. The number of carbonyl (C=O) groups excluding carboxylic acids is 1. The number of rotatable bonds is 5. The molecule has 9 heteroatoms. The van der Waals surface area contributed by atoms with Crippen molar-refractivity contribution in [1.29, 1.82) is 0 Å². The maximum Gasteiger partial charge on any atom is 0.433 e. The van der Waals surface area contributed by atoms with Crippen LogP contribution < -0.4 is 5.32 Å². The number of halogens is 4. The molecule has 0 aliphatic heterocycles. The minimum atomic E-state index is -4.64. The molecule has 1 aromatic heterocycles. The fourth-order valence-corrected chi connectivity index (χ4v) is 3.24. The molecule has 0 atom stereocenters. The zero-order valence-corrected chi connectivity index (χ0v) is 16.7. The van der Waals surface area contributed by atoms with Crippen LogP contribution in [0.15, 0.2) is 59.8 Å². The standard InChI is InChI=1S/C20H15ClF3N3OS/c1-12-3-2-4-15(9-12)25-18(28)11-29-19-26-16(10-17(27-19)20(22,23)24)13-5-7-14(21)8-6-13/h2-10H,11H2,1H3,(H,25,28). The van der Waals surface area contributed by atoms with Crippen LogP contribution in [0.1, 0.15) is 11.3 Å². The molecule has 0 saturated carbocycles. The predicted octanol–water partition coefficient (Wildman–Crippen LogP) is 5.86. The van der Waals surface area contributed by atoms with Gasteiger partial charge in [0.15, 0.2) is 5.16 Å². The average Bonchev–Trinajstić information content (AvgIpc) is 2.66. The topological polar surface area (TPSA) is 54.9 Å². The third-order valence-electron chi connectivity index (χ3n) is 3.77. The van der Waals surface area contributed by atoms with Crippen LogP contribution in [0.3, 0.4) is 0 Å². The van der Waals surface area contributed by atoms with Gasteiger partial charge in [-0.3, -0.25) is 4.79 Å². The van der Waals surface area contributed by atoms with Crippen molar-refractivity contribution in [1.82, 2.24) is 9.97 Å². The van der Waals surface area contributed by atoms with E-state index in [0.29, 0.717) is 16.3 Å². The van der Waals surface area contributed by atoms with Gasteiger partial charge in [0, 0.05) is 16.3 Å². The number of benzene rings is 2. The fraction of sp³-hybridized carbons (Fsp3) is 0.150. The second kappa shape index (κ2) is 8.84. The molecule has 0 saturated heterocycles. The Balaban J connectivity index is 1.79. The fourth-order valence-electron chi connectivity index (χ4n) is 2.45. The highest BCUT2D eigenvalue weighted by atomic mass is 35.5. The Labute approximate surface area is 174 Å². The molecule has 0 spiro atoms. The van der Waals surface area contributed by atoms with E-state index in [4.69, 9.17) is 11.6 Å². The Bertz CT molecular complexity index is 1030. The van der Waals surface area contributed by atoms with Gasteiger partial charge < -0.3 is 5.32 Å². The van der Waals surface area contributed by atoms with E-state index in [0.717, 1.165) is 23.4 Å². The molecular formula is C20H15ClF3N3OS. The van der Waals surface area contributed by atoms with Gasteiger partial charge in [-0.25, -0.2) is 9.97 Å². The smallest absolute Gasteiger partial charge is 0.325 e. The zero-order chi connectivity index (χ0) is 21.0. The molecule has 1 heterocycles. The molecule has 0 bridgehead atoms. The number of nitrogens with zero attached hydrogens (tertiary/aromatic N) is 2. The molecule has 0 aliphatic carbocycles. The maximum absolute atomic E-state index is 13.3. The van der Waals surface area contributed by atoms with Gasteiger partial charge >= 0.3 is 6.18 Å². The number of carbonyl (C=O) groups is 1. The SMILES string of the molecule is Cc1cccc(NC(=O)CSc2nc(-c3ccc(Cl)cc3)cc(C(F)(F)F)n2)c1. The molecule has 0 radical (unpaired) electrons. The van der Waals surface area contributed by atoms with Gasteiger partial charge in [-0.15, -0.1) is 0 Å². The minimum absolute atomic E-state index is 0.102. The summed E-state index contributed by atoms with van der Waals surface area (Å²) in [5, 5.41) is 3.02. The molecule has 150 valence electrons. The van der Waals surface area contributed by atoms with Crippen molar-refractivity contribution in [3.63, 3.8) is 0 Å². The maximum atomic E-state index is 13.3. The van der Waals surface area contributed by atoms with Gasteiger partial charge in [0.1, 0.15) is 5.69 Å². The predicted molar refractivity (Wildman–Crippen MR) is 108 cm³/mol. The molecule has 0 unspecified atom stereocenters. The first-order chi connectivity index (χ1) is 13.7. The van der Waals surface area contributed by atoms with Crippen molar-refractivity contribution in [3.8, 4) is 11.3 Å². The molecule has 4 nitrogen and oxygen atoms in total. The average molecular weight is 438 g/mol. The first-order valence-corrected chi connectivity index (χ1v) is 9.78. The van der Waals surface area contributed by atoms with Gasteiger partial charge in [-0.05, 0) is 42.8 Å². The van der Waals surface area contributed by atoms with E-state index in [1.807, 2.05) is 13.0 Å². The minimum Gasteiger partial charge on any atom is -0.325 e. The van der Waals surface area contributed by atoms with Crippen LogP contribution in [0.25, 0.3) is 11.3 Å². The number of anilines is 1. The highest BCUT2D eigenvalue weighted by molar-refractivity contribution is 7.99. The van der Waals surface area contributed by atoms with E-state index in [1.54, 1.807) is 42.5 Å². The van der Waals surface area contributed by atoms with Gasteiger partial charge in [-0.2, -0.15) is 13.2 Å². The van der Waals surface area contributed by atoms with Crippen molar-refractivity contribution in [2.75, 3.05) is 11.1 Å². The van der Waals surface area contributed by atoms with Crippen LogP contribution in [0.4, 0.5) is 18.9 Å². The van der Waals surface area contributed by atoms with Gasteiger partial charge in [-0.1, -0.05) is 47.6 Å². The summed E-state index contributed by atoms with van der Waals surface area (Å²) in [5.74, 6) is -0.496. The van der Waals surface area contributed by atoms with E-state index < -0.39 is 11.9 Å². The van der Waals surface area contributed by atoms with Crippen LogP contribution >= 0.6 is 23.4 Å².